The first-order valence-electron chi connectivity index (χ1n) is 13.1. The van der Waals surface area contributed by atoms with Crippen molar-refractivity contribution in [1.29, 1.82) is 0 Å². The number of sulfone groups is 1. The molecule has 1 fully saturated rings. The maximum Gasteiger partial charge on any atom is 0.259 e. The first-order chi connectivity index (χ1) is 18.3. The predicted octanol–water partition coefficient (Wildman–Crippen LogP) is 4.59. The van der Waals surface area contributed by atoms with Gasteiger partial charge in [-0.15, -0.1) is 0 Å². The lowest BCUT2D eigenvalue weighted by molar-refractivity contribution is 0.0936. The van der Waals surface area contributed by atoms with Crippen molar-refractivity contribution in [2.24, 2.45) is 0 Å². The molecule has 2 heterocycles. The highest BCUT2D eigenvalue weighted by molar-refractivity contribution is 7.91. The molecule has 1 N–H and O–H groups in total. The lowest BCUT2D eigenvalue weighted by Crippen LogP contribution is -2.42. The first-order valence-corrected chi connectivity index (χ1v) is 14.6. The van der Waals surface area contributed by atoms with E-state index in [0.29, 0.717) is 18.2 Å². The fourth-order valence-corrected chi connectivity index (χ4v) is 7.03. The largest absolute Gasteiger partial charge is 0.351 e. The van der Waals surface area contributed by atoms with Crippen LogP contribution in [0.3, 0.4) is 0 Å². The fourth-order valence-electron chi connectivity index (χ4n) is 5.40. The number of anilines is 1. The average molecular weight is 532 g/mol. The molecule has 3 aromatic rings. The van der Waals surface area contributed by atoms with Gasteiger partial charge in [0, 0.05) is 24.7 Å². The minimum absolute atomic E-state index is 0.0159. The third-order valence-electron chi connectivity index (χ3n) is 7.50. The fraction of sp³-hybridized carbons (Fsp3) is 0.333. The molecule has 8 heteroatoms. The van der Waals surface area contributed by atoms with E-state index in [2.05, 4.69) is 17.1 Å². The first kappa shape index (κ1) is 26.1. The van der Waals surface area contributed by atoms with E-state index in [-0.39, 0.29) is 33.5 Å². The molecule has 2 aliphatic heterocycles. The van der Waals surface area contributed by atoms with Gasteiger partial charge < -0.3 is 10.2 Å². The molecule has 5 rings (SSSR count). The molecule has 1 saturated heterocycles. The van der Waals surface area contributed by atoms with Crippen molar-refractivity contribution in [3.8, 4) is 0 Å². The van der Waals surface area contributed by atoms with Gasteiger partial charge in [0.2, 0.25) is 9.84 Å². The molecule has 0 bridgehead atoms. The van der Waals surface area contributed by atoms with Gasteiger partial charge in [-0.1, -0.05) is 48.4 Å². The maximum absolute atomic E-state index is 13.8. The van der Waals surface area contributed by atoms with E-state index in [9.17, 15) is 18.0 Å². The van der Waals surface area contributed by atoms with Crippen LogP contribution in [0.5, 0.6) is 0 Å². The number of amides is 2. The average Bonchev–Trinajstić information content (AvgIpc) is 2.98. The van der Waals surface area contributed by atoms with Crippen LogP contribution in [0.15, 0.2) is 76.5 Å². The van der Waals surface area contributed by atoms with Gasteiger partial charge in [-0.05, 0) is 69.1 Å². The van der Waals surface area contributed by atoms with Gasteiger partial charge in [0.05, 0.1) is 27.6 Å². The van der Waals surface area contributed by atoms with Gasteiger partial charge in [-0.2, -0.15) is 0 Å². The molecular weight excluding hydrogens is 498 g/mol. The number of benzene rings is 3. The Bertz CT molecular complexity index is 1480. The number of hydrogen-bond donors (Lipinski definition) is 1. The number of carbonyl (C=O) groups is 2. The van der Waals surface area contributed by atoms with Crippen molar-refractivity contribution in [2.75, 3.05) is 24.5 Å². The zero-order valence-corrected chi connectivity index (χ0v) is 22.6. The van der Waals surface area contributed by atoms with Crippen LogP contribution in [0.25, 0.3) is 0 Å². The molecule has 0 saturated carbocycles. The Labute approximate surface area is 224 Å². The number of piperidine rings is 1. The summed E-state index contributed by atoms with van der Waals surface area (Å²) in [5.41, 5.74) is 2.56. The minimum atomic E-state index is -3.99. The van der Waals surface area contributed by atoms with Gasteiger partial charge >= 0.3 is 0 Å². The van der Waals surface area contributed by atoms with Crippen molar-refractivity contribution in [1.82, 2.24) is 10.2 Å². The second kappa shape index (κ2) is 10.7. The second-order valence-corrected chi connectivity index (χ2v) is 12.1. The van der Waals surface area contributed by atoms with Gasteiger partial charge in [-0.3, -0.25) is 14.5 Å². The highest BCUT2D eigenvalue weighted by Crippen LogP contribution is 2.38. The quantitative estimate of drug-likeness (QED) is 0.503. The summed E-state index contributed by atoms with van der Waals surface area (Å²) in [4.78, 5) is 30.8. The number of aryl methyl sites for hydroxylation is 1. The van der Waals surface area contributed by atoms with Crippen LogP contribution in [-0.4, -0.2) is 50.8 Å². The van der Waals surface area contributed by atoms with E-state index in [1.807, 2.05) is 31.2 Å². The lowest BCUT2D eigenvalue weighted by atomic mass is 10.0. The molecule has 3 aromatic carbocycles. The Kier molecular flexibility index (Phi) is 7.36. The molecule has 7 nitrogen and oxygen atoms in total. The van der Waals surface area contributed by atoms with Gasteiger partial charge in [0.1, 0.15) is 0 Å². The zero-order chi connectivity index (χ0) is 26.9. The minimum Gasteiger partial charge on any atom is -0.351 e. The topological polar surface area (TPSA) is 86.8 Å². The lowest BCUT2D eigenvalue weighted by Gasteiger charge is -2.33. The number of likely N-dealkylation sites (tertiary alicyclic amines) is 1. The van der Waals surface area contributed by atoms with Gasteiger partial charge in [0.25, 0.3) is 11.8 Å². The number of carbonyl (C=O) groups excluding carboxylic acids is 2. The number of fused-ring (bicyclic) bond motifs is 2. The summed E-state index contributed by atoms with van der Waals surface area (Å²) >= 11 is 0. The van der Waals surface area contributed by atoms with Crippen LogP contribution in [0.1, 0.15) is 58.0 Å². The van der Waals surface area contributed by atoms with Crippen LogP contribution < -0.4 is 10.2 Å². The van der Waals surface area contributed by atoms with Gasteiger partial charge in [0.15, 0.2) is 0 Å². The number of nitrogens with one attached hydrogen (secondary N) is 1. The molecule has 0 aromatic heterocycles. The number of rotatable bonds is 6. The van der Waals surface area contributed by atoms with Crippen LogP contribution >= 0.6 is 0 Å². The zero-order valence-electron chi connectivity index (χ0n) is 21.8. The molecule has 2 aliphatic rings. The van der Waals surface area contributed by atoms with Crippen LogP contribution in [-0.2, 0) is 16.4 Å². The number of nitrogens with zero attached hydrogens (tertiary/aromatic N) is 2. The molecule has 198 valence electrons. The normalized spacial score (nSPS) is 18.8. The molecule has 0 unspecified atom stereocenters. The Morgan fingerprint density at radius 2 is 1.82 bits per heavy atom. The molecule has 38 heavy (non-hydrogen) atoms. The summed E-state index contributed by atoms with van der Waals surface area (Å²) in [7, 11) is -3.99. The Balaban J connectivity index is 1.49. The standard InChI is InChI=1S/C30H33N3O4S/c1-21-8-7-10-23(18-21)20-33-26-19-24(29(34)31-15-17-32-16-6-5-9-22(32)2)13-14-28(26)38(36,37)27-12-4-3-11-25(27)30(33)35/h3-4,7-8,10-14,18-19,22H,5-6,9,15-17,20H2,1-2H3,(H,31,34)/t22-/m0/s1. The predicted molar refractivity (Wildman–Crippen MR) is 147 cm³/mol. The number of hydrogen-bond acceptors (Lipinski definition) is 5. The summed E-state index contributed by atoms with van der Waals surface area (Å²) in [6, 6.07) is 19.0. The van der Waals surface area contributed by atoms with Crippen molar-refractivity contribution in [2.45, 2.75) is 55.5 Å². The SMILES string of the molecule is Cc1cccc(CN2C(=O)c3ccccc3S(=O)(=O)c3ccc(C(=O)NCCN4CCCC[C@@H]4C)cc32)c1. The summed E-state index contributed by atoms with van der Waals surface area (Å²) in [5.74, 6) is -0.708. The second-order valence-electron chi connectivity index (χ2n) is 10.2. The van der Waals surface area contributed by atoms with E-state index in [1.54, 1.807) is 18.2 Å². The maximum atomic E-state index is 13.8. The third kappa shape index (κ3) is 5.11. The Morgan fingerprint density at radius 3 is 2.61 bits per heavy atom. The molecule has 0 radical (unpaired) electrons. The summed E-state index contributed by atoms with van der Waals surface area (Å²) in [5, 5.41) is 2.98. The van der Waals surface area contributed by atoms with Crippen LogP contribution in [0.4, 0.5) is 5.69 Å². The van der Waals surface area contributed by atoms with Gasteiger partial charge in [-0.25, -0.2) is 8.42 Å². The highest BCUT2D eigenvalue weighted by atomic mass is 32.2. The third-order valence-corrected chi connectivity index (χ3v) is 9.36. The van der Waals surface area contributed by atoms with Crippen molar-refractivity contribution in [3.05, 3.63) is 89.0 Å². The summed E-state index contributed by atoms with van der Waals surface area (Å²) < 4.78 is 27.4. The smallest absolute Gasteiger partial charge is 0.259 e. The van der Waals surface area contributed by atoms with Crippen molar-refractivity contribution >= 4 is 27.3 Å². The van der Waals surface area contributed by atoms with Crippen molar-refractivity contribution < 1.29 is 18.0 Å². The summed E-state index contributed by atoms with van der Waals surface area (Å²) in [6.45, 7) is 6.65. The molecule has 0 spiro atoms. The van der Waals surface area contributed by atoms with E-state index < -0.39 is 15.7 Å². The molecule has 2 amide bonds. The van der Waals surface area contributed by atoms with Crippen LogP contribution in [0, 0.1) is 6.92 Å². The highest BCUT2D eigenvalue weighted by Gasteiger charge is 2.36. The van der Waals surface area contributed by atoms with Crippen molar-refractivity contribution in [3.63, 3.8) is 0 Å². The summed E-state index contributed by atoms with van der Waals surface area (Å²) in [6.07, 6.45) is 3.58. The Morgan fingerprint density at radius 1 is 1.00 bits per heavy atom. The molecule has 0 aliphatic carbocycles. The van der Waals surface area contributed by atoms with E-state index in [0.717, 1.165) is 24.2 Å². The van der Waals surface area contributed by atoms with Crippen LogP contribution in [0.2, 0.25) is 0 Å². The van der Waals surface area contributed by atoms with E-state index in [1.165, 1.54) is 48.4 Å². The molecular formula is C30H33N3O4S. The Hall–Kier alpha value is -3.49. The van der Waals surface area contributed by atoms with E-state index >= 15 is 0 Å². The monoisotopic (exact) mass is 531 g/mol. The molecule has 1 atom stereocenters. The van der Waals surface area contributed by atoms with E-state index in [4.69, 9.17) is 0 Å².